The van der Waals surface area contributed by atoms with E-state index < -0.39 is 24.1 Å². The second-order valence-electron chi connectivity index (χ2n) is 4.38. The first-order valence-corrected chi connectivity index (χ1v) is 8.80. The molecule has 0 N–H and O–H groups in total. The van der Waals surface area contributed by atoms with Crippen molar-refractivity contribution in [2.45, 2.75) is 26.4 Å². The van der Waals surface area contributed by atoms with Crippen LogP contribution >= 0.6 is 7.60 Å². The molecule has 0 aromatic heterocycles. The van der Waals surface area contributed by atoms with Gasteiger partial charge in [-0.15, -0.1) is 0 Å². The number of esters is 1. The van der Waals surface area contributed by atoms with Crippen LogP contribution in [0.2, 0.25) is 0 Å². The number of nitro benzene ring substituents is 1. The molecule has 0 radical (unpaired) electrons. The average Bonchev–Trinajstić information content (AvgIpc) is 2.48. The van der Waals surface area contributed by atoms with Crippen LogP contribution in [0.5, 0.6) is 0 Å². The maximum absolute atomic E-state index is 13.0. The van der Waals surface area contributed by atoms with Crippen molar-refractivity contribution in [3.8, 4) is 0 Å². The van der Waals surface area contributed by atoms with E-state index >= 15 is 0 Å². The lowest BCUT2D eigenvalue weighted by molar-refractivity contribution is -0.384. The van der Waals surface area contributed by atoms with Crippen molar-refractivity contribution < 1.29 is 28.1 Å². The Labute approximate surface area is 134 Å². The summed E-state index contributed by atoms with van der Waals surface area (Å²) >= 11 is 0. The zero-order chi connectivity index (χ0) is 17.5. The second kappa shape index (κ2) is 8.76. The molecule has 0 saturated heterocycles. The van der Waals surface area contributed by atoms with E-state index in [1.54, 1.807) is 20.8 Å². The van der Waals surface area contributed by atoms with Crippen LogP contribution in [0.4, 0.5) is 5.69 Å². The van der Waals surface area contributed by atoms with E-state index in [4.69, 9.17) is 13.8 Å². The first-order chi connectivity index (χ1) is 10.9. The van der Waals surface area contributed by atoms with Gasteiger partial charge in [-0.05, 0) is 26.3 Å². The maximum Gasteiger partial charge on any atom is 0.349 e. The molecule has 1 aromatic rings. The van der Waals surface area contributed by atoms with Gasteiger partial charge in [0.1, 0.15) is 0 Å². The van der Waals surface area contributed by atoms with E-state index in [2.05, 4.69) is 0 Å². The maximum atomic E-state index is 13.0. The molecule has 23 heavy (non-hydrogen) atoms. The van der Waals surface area contributed by atoms with E-state index in [-0.39, 0.29) is 31.1 Å². The van der Waals surface area contributed by atoms with Crippen LogP contribution in [0.15, 0.2) is 24.3 Å². The third-order valence-electron chi connectivity index (χ3n) is 2.84. The number of nitro groups is 1. The fraction of sp³-hybridized carbons (Fsp3) is 0.500. The van der Waals surface area contributed by atoms with E-state index in [0.717, 1.165) is 0 Å². The van der Waals surface area contributed by atoms with Gasteiger partial charge in [0.05, 0.1) is 24.7 Å². The van der Waals surface area contributed by atoms with E-state index in [1.807, 2.05) is 0 Å². The summed E-state index contributed by atoms with van der Waals surface area (Å²) in [5.74, 6) is -0.807. The van der Waals surface area contributed by atoms with Crippen molar-refractivity contribution >= 4 is 19.3 Å². The van der Waals surface area contributed by atoms with Gasteiger partial charge >= 0.3 is 13.6 Å². The van der Waals surface area contributed by atoms with Crippen molar-refractivity contribution in [2.24, 2.45) is 0 Å². The van der Waals surface area contributed by atoms with Crippen molar-refractivity contribution in [3.05, 3.63) is 39.9 Å². The summed E-state index contributed by atoms with van der Waals surface area (Å²) in [6.45, 7) is 5.02. The summed E-state index contributed by atoms with van der Waals surface area (Å²) < 4.78 is 28.4. The Morgan fingerprint density at radius 3 is 2.30 bits per heavy atom. The number of carbonyl (C=O) groups excluding carboxylic acids is 1. The van der Waals surface area contributed by atoms with Crippen LogP contribution in [-0.4, -0.2) is 30.7 Å². The summed E-state index contributed by atoms with van der Waals surface area (Å²) in [5.41, 5.74) is -1.44. The Bertz CT molecular complexity index is 595. The fourth-order valence-electron chi connectivity index (χ4n) is 2.02. The Kier molecular flexibility index (Phi) is 7.35. The van der Waals surface area contributed by atoms with Gasteiger partial charge in [0, 0.05) is 12.1 Å². The van der Waals surface area contributed by atoms with Crippen LogP contribution in [-0.2, 0) is 23.1 Å². The lowest BCUT2D eigenvalue weighted by Crippen LogP contribution is -2.19. The lowest BCUT2D eigenvalue weighted by atomic mass is 10.1. The minimum Gasteiger partial charge on any atom is -0.465 e. The molecule has 9 heteroatoms. The van der Waals surface area contributed by atoms with Crippen molar-refractivity contribution in [1.29, 1.82) is 0 Å². The van der Waals surface area contributed by atoms with Crippen LogP contribution in [0.1, 0.15) is 32.0 Å². The molecule has 1 rings (SSSR count). The van der Waals surface area contributed by atoms with E-state index in [1.165, 1.54) is 24.3 Å². The van der Waals surface area contributed by atoms with Gasteiger partial charge in [0.2, 0.25) is 0 Å². The molecule has 0 aliphatic heterocycles. The Morgan fingerprint density at radius 1 is 1.22 bits per heavy atom. The van der Waals surface area contributed by atoms with E-state index in [9.17, 15) is 19.5 Å². The number of nitrogens with zero attached hydrogens (tertiary/aromatic N) is 1. The minimum atomic E-state index is -3.88. The first kappa shape index (κ1) is 19.3. The average molecular weight is 345 g/mol. The topological polar surface area (TPSA) is 105 Å². The highest BCUT2D eigenvalue weighted by Crippen LogP contribution is 2.61. The standard InChI is InChI=1S/C14H20NO7P/c1-4-20-14(16)13(23(19,21-5-2)22-6-3)11-8-7-9-12(10-11)15(17)18/h7-10,13H,4-6H2,1-3H3. The molecular formula is C14H20NO7P. The number of hydrogen-bond acceptors (Lipinski definition) is 7. The summed E-state index contributed by atoms with van der Waals surface area (Å²) in [6, 6.07) is 5.31. The Morgan fingerprint density at radius 2 is 1.83 bits per heavy atom. The van der Waals surface area contributed by atoms with Crippen molar-refractivity contribution in [3.63, 3.8) is 0 Å². The fourth-order valence-corrected chi connectivity index (χ4v) is 3.97. The molecule has 0 saturated carbocycles. The third kappa shape index (κ3) is 4.86. The number of carbonyl (C=O) groups is 1. The van der Waals surface area contributed by atoms with Gasteiger partial charge in [-0.25, -0.2) is 0 Å². The molecule has 0 spiro atoms. The summed E-state index contributed by atoms with van der Waals surface area (Å²) in [4.78, 5) is 22.6. The Balaban J connectivity index is 3.40. The molecule has 128 valence electrons. The molecule has 0 aliphatic rings. The summed E-state index contributed by atoms with van der Waals surface area (Å²) in [7, 11) is -3.88. The van der Waals surface area contributed by atoms with Gasteiger partial charge in [0.15, 0.2) is 5.66 Å². The number of rotatable bonds is 9. The van der Waals surface area contributed by atoms with Crippen LogP contribution in [0.25, 0.3) is 0 Å². The van der Waals surface area contributed by atoms with Crippen molar-refractivity contribution in [2.75, 3.05) is 19.8 Å². The Hall–Kier alpha value is -1.76. The van der Waals surface area contributed by atoms with Gasteiger partial charge < -0.3 is 13.8 Å². The van der Waals surface area contributed by atoms with Gasteiger partial charge in [-0.1, -0.05) is 12.1 Å². The molecule has 1 atom stereocenters. The van der Waals surface area contributed by atoms with Crippen LogP contribution in [0.3, 0.4) is 0 Å². The quantitative estimate of drug-likeness (QED) is 0.292. The van der Waals surface area contributed by atoms with E-state index in [0.29, 0.717) is 0 Å². The summed E-state index contributed by atoms with van der Waals surface area (Å²) in [6.07, 6.45) is 0. The number of ether oxygens (including phenoxy) is 1. The second-order valence-corrected chi connectivity index (χ2v) is 6.49. The number of hydrogen-bond donors (Lipinski definition) is 0. The minimum absolute atomic E-state index is 0.0576. The number of non-ortho nitro benzene ring substituents is 1. The third-order valence-corrected chi connectivity index (χ3v) is 5.22. The normalized spacial score (nSPS) is 12.7. The highest BCUT2D eigenvalue weighted by atomic mass is 31.2. The largest absolute Gasteiger partial charge is 0.465 e. The monoisotopic (exact) mass is 345 g/mol. The molecule has 1 aromatic carbocycles. The lowest BCUT2D eigenvalue weighted by Gasteiger charge is -2.25. The SMILES string of the molecule is CCOC(=O)C(c1cccc([N+](=O)[O-])c1)P(=O)(OCC)OCC. The highest BCUT2D eigenvalue weighted by molar-refractivity contribution is 7.55. The molecule has 0 fully saturated rings. The summed E-state index contributed by atoms with van der Waals surface area (Å²) in [5, 5.41) is 10.9. The molecule has 0 heterocycles. The predicted molar refractivity (Wildman–Crippen MR) is 83.3 cm³/mol. The molecular weight excluding hydrogens is 325 g/mol. The van der Waals surface area contributed by atoms with Gasteiger partial charge in [-0.3, -0.25) is 19.5 Å². The van der Waals surface area contributed by atoms with Gasteiger partial charge in [-0.2, -0.15) is 0 Å². The molecule has 0 bridgehead atoms. The zero-order valence-electron chi connectivity index (χ0n) is 13.3. The molecule has 0 amide bonds. The van der Waals surface area contributed by atoms with Crippen molar-refractivity contribution in [1.82, 2.24) is 0 Å². The number of benzene rings is 1. The molecule has 8 nitrogen and oxygen atoms in total. The van der Waals surface area contributed by atoms with Crippen LogP contribution in [0, 0.1) is 10.1 Å². The smallest absolute Gasteiger partial charge is 0.349 e. The molecule has 0 aliphatic carbocycles. The van der Waals surface area contributed by atoms with Crippen LogP contribution < -0.4 is 0 Å². The molecule has 1 unspecified atom stereocenters. The zero-order valence-corrected chi connectivity index (χ0v) is 14.2. The van der Waals surface area contributed by atoms with Gasteiger partial charge in [0.25, 0.3) is 5.69 Å². The highest BCUT2D eigenvalue weighted by Gasteiger charge is 2.44. The predicted octanol–water partition coefficient (Wildman–Crippen LogP) is 3.47. The first-order valence-electron chi connectivity index (χ1n) is 7.19.